The zero-order valence-corrected chi connectivity index (χ0v) is 19.1. The molecule has 0 atom stereocenters. The highest BCUT2D eigenvalue weighted by Crippen LogP contribution is 2.29. The number of nitrogens with one attached hydrogen (secondary N) is 1. The molecular formula is C26H23N5O3. The first kappa shape index (κ1) is 21.4. The quantitative estimate of drug-likeness (QED) is 0.355. The van der Waals surface area contributed by atoms with Crippen LogP contribution in [-0.2, 0) is 6.54 Å². The van der Waals surface area contributed by atoms with Gasteiger partial charge in [0.25, 0.3) is 5.89 Å². The maximum Gasteiger partial charge on any atom is 0.286 e. The Kier molecular flexibility index (Phi) is 5.78. The van der Waals surface area contributed by atoms with Crippen molar-refractivity contribution in [1.29, 1.82) is 0 Å². The fourth-order valence-electron chi connectivity index (χ4n) is 3.71. The topological polar surface area (TPSA) is 95.2 Å². The van der Waals surface area contributed by atoms with Crippen LogP contribution in [0.25, 0.3) is 34.1 Å². The summed E-state index contributed by atoms with van der Waals surface area (Å²) < 4.78 is 16.8. The molecule has 0 amide bonds. The molecule has 2 aromatic heterocycles. The first-order valence-electron chi connectivity index (χ1n) is 10.8. The van der Waals surface area contributed by atoms with Crippen LogP contribution in [0.2, 0.25) is 0 Å². The van der Waals surface area contributed by atoms with E-state index < -0.39 is 0 Å². The van der Waals surface area contributed by atoms with Gasteiger partial charge in [-0.2, -0.15) is 0 Å². The minimum absolute atomic E-state index is 0.254. The molecule has 0 bridgehead atoms. The highest BCUT2D eigenvalue weighted by molar-refractivity contribution is 5.90. The van der Waals surface area contributed by atoms with Crippen molar-refractivity contribution in [3.8, 4) is 34.7 Å². The molecule has 0 spiro atoms. The third-order valence-corrected chi connectivity index (χ3v) is 5.42. The van der Waals surface area contributed by atoms with E-state index in [9.17, 15) is 0 Å². The van der Waals surface area contributed by atoms with Crippen LogP contribution in [0.15, 0.2) is 71.1 Å². The van der Waals surface area contributed by atoms with E-state index in [2.05, 4.69) is 20.5 Å². The molecule has 170 valence electrons. The molecule has 0 saturated heterocycles. The lowest BCUT2D eigenvalue weighted by molar-refractivity contribution is 0.399. The van der Waals surface area contributed by atoms with Crippen LogP contribution in [0.3, 0.4) is 0 Å². The Morgan fingerprint density at radius 2 is 1.71 bits per heavy atom. The zero-order chi connectivity index (χ0) is 23.5. The van der Waals surface area contributed by atoms with E-state index in [-0.39, 0.29) is 5.89 Å². The van der Waals surface area contributed by atoms with E-state index in [4.69, 9.17) is 18.9 Å². The average molecular weight is 454 g/mol. The van der Waals surface area contributed by atoms with Crippen molar-refractivity contribution >= 4 is 16.7 Å². The van der Waals surface area contributed by atoms with Crippen molar-refractivity contribution in [2.45, 2.75) is 13.5 Å². The summed E-state index contributed by atoms with van der Waals surface area (Å²) in [5.41, 5.74) is 3.66. The van der Waals surface area contributed by atoms with E-state index in [1.54, 1.807) is 14.2 Å². The van der Waals surface area contributed by atoms with Gasteiger partial charge in [-0.25, -0.2) is 9.97 Å². The van der Waals surface area contributed by atoms with Crippen LogP contribution in [0.4, 0.5) is 5.82 Å². The molecular weight excluding hydrogens is 430 g/mol. The maximum atomic E-state index is 5.93. The number of fused-ring (bicyclic) bond motifs is 1. The fraction of sp³-hybridized carbons (Fsp3) is 0.154. The van der Waals surface area contributed by atoms with E-state index in [1.165, 1.54) is 0 Å². The summed E-state index contributed by atoms with van der Waals surface area (Å²) in [5.74, 6) is 3.19. The van der Waals surface area contributed by atoms with Gasteiger partial charge < -0.3 is 19.2 Å². The standard InChI is InChI=1S/C26H23N5O3/c1-16-7-6-8-17(13-16)25-30-31-26(34-25)24-28-21-10-5-4-9-20(21)23(29-24)27-15-18-14-19(32-2)11-12-22(18)33-3/h4-14H,15H2,1-3H3,(H,27,28,29). The second-order valence-electron chi connectivity index (χ2n) is 7.73. The summed E-state index contributed by atoms with van der Waals surface area (Å²) in [6.07, 6.45) is 0. The van der Waals surface area contributed by atoms with Gasteiger partial charge in [0.2, 0.25) is 11.7 Å². The van der Waals surface area contributed by atoms with Gasteiger partial charge in [0.1, 0.15) is 17.3 Å². The molecule has 2 heterocycles. The summed E-state index contributed by atoms with van der Waals surface area (Å²) in [5, 5.41) is 12.7. The van der Waals surface area contributed by atoms with Crippen molar-refractivity contribution in [1.82, 2.24) is 20.2 Å². The number of nitrogens with zero attached hydrogens (tertiary/aromatic N) is 4. The van der Waals surface area contributed by atoms with Gasteiger partial charge in [-0.1, -0.05) is 29.8 Å². The Labute approximate surface area is 196 Å². The molecule has 0 fully saturated rings. The Bertz CT molecular complexity index is 1460. The molecule has 3 aromatic carbocycles. The fourth-order valence-corrected chi connectivity index (χ4v) is 3.71. The Balaban J connectivity index is 1.50. The van der Waals surface area contributed by atoms with Gasteiger partial charge in [-0.3, -0.25) is 0 Å². The van der Waals surface area contributed by atoms with Gasteiger partial charge in [-0.15, -0.1) is 10.2 Å². The molecule has 8 heteroatoms. The number of methoxy groups -OCH3 is 2. The highest BCUT2D eigenvalue weighted by Gasteiger charge is 2.16. The molecule has 8 nitrogen and oxygen atoms in total. The third-order valence-electron chi connectivity index (χ3n) is 5.42. The number of rotatable bonds is 7. The lowest BCUT2D eigenvalue weighted by atomic mass is 10.1. The largest absolute Gasteiger partial charge is 0.497 e. The molecule has 0 aliphatic carbocycles. The third kappa shape index (κ3) is 4.25. The number of benzene rings is 3. The number of para-hydroxylation sites is 1. The molecule has 0 aliphatic heterocycles. The Morgan fingerprint density at radius 1 is 0.853 bits per heavy atom. The molecule has 0 aliphatic rings. The SMILES string of the molecule is COc1ccc(OC)c(CNc2nc(-c3nnc(-c4cccc(C)c4)o3)nc3ccccc23)c1. The first-order valence-corrected chi connectivity index (χ1v) is 10.8. The zero-order valence-electron chi connectivity index (χ0n) is 19.1. The normalized spacial score (nSPS) is 10.9. The summed E-state index contributed by atoms with van der Waals surface area (Å²) >= 11 is 0. The van der Waals surface area contributed by atoms with Crippen LogP contribution in [-0.4, -0.2) is 34.4 Å². The Morgan fingerprint density at radius 3 is 2.53 bits per heavy atom. The van der Waals surface area contributed by atoms with Crippen molar-refractivity contribution in [3.05, 3.63) is 77.9 Å². The predicted octanol–water partition coefficient (Wildman–Crippen LogP) is 5.28. The molecule has 0 unspecified atom stereocenters. The second-order valence-corrected chi connectivity index (χ2v) is 7.73. The Hall–Kier alpha value is -4.46. The number of aryl methyl sites for hydroxylation is 1. The number of ether oxygens (including phenoxy) is 2. The van der Waals surface area contributed by atoms with Crippen LogP contribution in [0.5, 0.6) is 11.5 Å². The monoisotopic (exact) mass is 453 g/mol. The lowest BCUT2D eigenvalue weighted by Crippen LogP contribution is -2.06. The predicted molar refractivity (Wildman–Crippen MR) is 130 cm³/mol. The molecule has 34 heavy (non-hydrogen) atoms. The molecule has 0 radical (unpaired) electrons. The summed E-state index contributed by atoms with van der Waals surface area (Å²) in [4.78, 5) is 9.37. The van der Waals surface area contributed by atoms with Crippen molar-refractivity contribution in [2.75, 3.05) is 19.5 Å². The van der Waals surface area contributed by atoms with Crippen LogP contribution >= 0.6 is 0 Å². The summed E-state index contributed by atoms with van der Waals surface area (Å²) in [7, 11) is 3.28. The van der Waals surface area contributed by atoms with E-state index >= 15 is 0 Å². The van der Waals surface area contributed by atoms with Gasteiger partial charge in [0.15, 0.2) is 0 Å². The van der Waals surface area contributed by atoms with Crippen molar-refractivity contribution < 1.29 is 13.9 Å². The minimum Gasteiger partial charge on any atom is -0.497 e. The lowest BCUT2D eigenvalue weighted by Gasteiger charge is -2.13. The van der Waals surface area contributed by atoms with Gasteiger partial charge in [0, 0.05) is 23.1 Å². The van der Waals surface area contributed by atoms with Gasteiger partial charge in [0.05, 0.1) is 19.7 Å². The average Bonchev–Trinajstić information content (AvgIpc) is 3.37. The van der Waals surface area contributed by atoms with Crippen LogP contribution in [0.1, 0.15) is 11.1 Å². The molecule has 5 rings (SSSR count). The summed E-state index contributed by atoms with van der Waals surface area (Å²) in [6, 6.07) is 21.3. The number of hydrogen-bond donors (Lipinski definition) is 1. The number of aromatic nitrogens is 4. The van der Waals surface area contributed by atoms with Crippen LogP contribution < -0.4 is 14.8 Å². The minimum atomic E-state index is 0.254. The van der Waals surface area contributed by atoms with E-state index in [1.807, 2.05) is 73.7 Å². The van der Waals surface area contributed by atoms with Crippen molar-refractivity contribution in [3.63, 3.8) is 0 Å². The van der Waals surface area contributed by atoms with E-state index in [0.717, 1.165) is 39.1 Å². The van der Waals surface area contributed by atoms with Gasteiger partial charge >= 0.3 is 0 Å². The van der Waals surface area contributed by atoms with Crippen molar-refractivity contribution in [2.24, 2.45) is 0 Å². The molecule has 1 N–H and O–H groups in total. The maximum absolute atomic E-state index is 5.93. The summed E-state index contributed by atoms with van der Waals surface area (Å²) in [6.45, 7) is 2.49. The number of hydrogen-bond acceptors (Lipinski definition) is 8. The highest BCUT2D eigenvalue weighted by atomic mass is 16.5. The second kappa shape index (κ2) is 9.19. The molecule has 5 aromatic rings. The first-order chi connectivity index (χ1) is 16.6. The molecule has 0 saturated carbocycles. The smallest absolute Gasteiger partial charge is 0.286 e. The van der Waals surface area contributed by atoms with Crippen LogP contribution in [0, 0.1) is 6.92 Å². The van der Waals surface area contributed by atoms with E-state index in [0.29, 0.717) is 24.1 Å². The number of anilines is 1. The van der Waals surface area contributed by atoms with Gasteiger partial charge in [-0.05, 0) is 49.4 Å².